The smallest absolute Gasteiger partial charge is 0.318 e. The highest BCUT2D eigenvalue weighted by atomic mass is 16.5. The van der Waals surface area contributed by atoms with Gasteiger partial charge in [-0.05, 0) is 69.4 Å². The molecule has 0 radical (unpaired) electrons. The molecule has 5 rings (SSSR count). The number of benzene rings is 1. The monoisotopic (exact) mass is 516 g/mol. The number of hydrogen-bond acceptors (Lipinski definition) is 8. The Kier molecular flexibility index (Phi) is 8.45. The second-order valence-electron chi connectivity index (χ2n) is 9.68. The molecule has 4 aromatic rings. The van der Waals surface area contributed by atoms with Gasteiger partial charge in [0.15, 0.2) is 5.65 Å². The van der Waals surface area contributed by atoms with Crippen LogP contribution in [0.3, 0.4) is 0 Å². The highest BCUT2D eigenvalue weighted by Gasteiger charge is 2.18. The van der Waals surface area contributed by atoms with Crippen LogP contribution in [0.5, 0.6) is 12.0 Å². The molecular weight excluding hydrogens is 480 g/mol. The average Bonchev–Trinajstić information content (AvgIpc) is 3.58. The highest BCUT2D eigenvalue weighted by Crippen LogP contribution is 2.26. The van der Waals surface area contributed by atoms with Crippen molar-refractivity contribution in [1.82, 2.24) is 29.4 Å². The third-order valence-electron chi connectivity index (χ3n) is 6.97. The minimum Gasteiger partial charge on any atom is -0.468 e. The van der Waals surface area contributed by atoms with Crippen LogP contribution >= 0.6 is 0 Å². The second kappa shape index (κ2) is 12.3. The largest absolute Gasteiger partial charge is 0.468 e. The van der Waals surface area contributed by atoms with E-state index >= 15 is 0 Å². The first-order valence-electron chi connectivity index (χ1n) is 13.3. The van der Waals surface area contributed by atoms with Crippen LogP contribution in [0.15, 0.2) is 42.6 Å². The fourth-order valence-electron chi connectivity index (χ4n) is 4.89. The van der Waals surface area contributed by atoms with Gasteiger partial charge < -0.3 is 19.1 Å². The van der Waals surface area contributed by atoms with Gasteiger partial charge in [-0.1, -0.05) is 30.3 Å². The maximum Gasteiger partial charge on any atom is 0.318 e. The van der Waals surface area contributed by atoms with Crippen molar-refractivity contribution in [2.45, 2.75) is 39.2 Å². The Morgan fingerprint density at radius 3 is 2.39 bits per heavy atom. The number of hydrogen-bond donors (Lipinski definition) is 0. The Bertz CT molecular complexity index is 1330. The predicted octanol–water partition coefficient (Wildman–Crippen LogP) is 4.31. The molecule has 0 atom stereocenters. The van der Waals surface area contributed by atoms with Crippen LogP contribution in [-0.2, 0) is 17.7 Å². The van der Waals surface area contributed by atoms with E-state index in [4.69, 9.17) is 19.2 Å². The SMILES string of the molecule is COCCOc1nc(C)c2nc(OC)n(Cc3ccc(-c4ccc(CCCN5CCCC5)nc4)cc3)c2n1. The van der Waals surface area contributed by atoms with Gasteiger partial charge in [0.25, 0.3) is 6.01 Å². The van der Waals surface area contributed by atoms with Crippen molar-refractivity contribution < 1.29 is 14.2 Å². The Hall–Kier alpha value is -3.56. The number of methoxy groups -OCH3 is 2. The zero-order valence-corrected chi connectivity index (χ0v) is 22.5. The Balaban J connectivity index is 1.27. The summed E-state index contributed by atoms with van der Waals surface area (Å²) < 4.78 is 18.2. The summed E-state index contributed by atoms with van der Waals surface area (Å²) in [6.07, 6.45) is 6.86. The molecule has 9 nitrogen and oxygen atoms in total. The number of likely N-dealkylation sites (tertiary alicyclic amines) is 1. The quantitative estimate of drug-likeness (QED) is 0.258. The topological polar surface area (TPSA) is 87.4 Å². The summed E-state index contributed by atoms with van der Waals surface area (Å²) in [5.74, 6) is 0. The number of imidazole rings is 1. The molecule has 0 saturated carbocycles. The van der Waals surface area contributed by atoms with Crippen molar-refractivity contribution in [3.05, 3.63) is 59.5 Å². The van der Waals surface area contributed by atoms with Crippen molar-refractivity contribution in [2.24, 2.45) is 0 Å². The van der Waals surface area contributed by atoms with Crippen LogP contribution in [0.25, 0.3) is 22.3 Å². The van der Waals surface area contributed by atoms with E-state index in [2.05, 4.69) is 56.3 Å². The molecular formula is C29H36N6O3. The molecule has 9 heteroatoms. The molecule has 0 aliphatic carbocycles. The third-order valence-corrected chi connectivity index (χ3v) is 6.97. The van der Waals surface area contributed by atoms with E-state index in [1.807, 2.05) is 17.7 Å². The lowest BCUT2D eigenvalue weighted by Gasteiger charge is -2.13. The van der Waals surface area contributed by atoms with Crippen molar-refractivity contribution >= 4 is 11.2 Å². The van der Waals surface area contributed by atoms with Crippen LogP contribution < -0.4 is 9.47 Å². The van der Waals surface area contributed by atoms with E-state index in [9.17, 15) is 0 Å². The summed E-state index contributed by atoms with van der Waals surface area (Å²) in [4.78, 5) is 20.9. The van der Waals surface area contributed by atoms with Crippen LogP contribution in [0.4, 0.5) is 0 Å². The van der Waals surface area contributed by atoms with Crippen molar-refractivity contribution in [2.75, 3.05) is 47.1 Å². The number of aryl methyl sites for hydroxylation is 2. The maximum absolute atomic E-state index is 5.66. The molecule has 0 bridgehead atoms. The lowest BCUT2D eigenvalue weighted by Crippen LogP contribution is -2.20. The van der Waals surface area contributed by atoms with Crippen LogP contribution in [0.1, 0.15) is 36.2 Å². The van der Waals surface area contributed by atoms with E-state index in [1.54, 1.807) is 14.2 Å². The van der Waals surface area contributed by atoms with Gasteiger partial charge in [-0.25, -0.2) is 0 Å². The average molecular weight is 517 g/mol. The summed E-state index contributed by atoms with van der Waals surface area (Å²) in [5.41, 5.74) is 6.63. The molecule has 0 unspecified atom stereocenters. The van der Waals surface area contributed by atoms with E-state index < -0.39 is 0 Å². The number of nitrogens with zero attached hydrogens (tertiary/aromatic N) is 6. The summed E-state index contributed by atoms with van der Waals surface area (Å²) in [5, 5.41) is 0. The second-order valence-corrected chi connectivity index (χ2v) is 9.68. The first kappa shape index (κ1) is 26.1. The fraction of sp³-hybridized carbons (Fsp3) is 0.448. The van der Waals surface area contributed by atoms with Crippen LogP contribution in [0.2, 0.25) is 0 Å². The number of aromatic nitrogens is 5. The minimum atomic E-state index is 0.304. The Labute approximate surface area is 223 Å². The van der Waals surface area contributed by atoms with Crippen molar-refractivity contribution in [3.63, 3.8) is 0 Å². The normalized spacial score (nSPS) is 13.9. The first-order valence-corrected chi connectivity index (χ1v) is 13.3. The van der Waals surface area contributed by atoms with E-state index in [0.29, 0.717) is 42.9 Å². The maximum atomic E-state index is 5.66. The van der Waals surface area contributed by atoms with E-state index in [-0.39, 0.29) is 0 Å². The standard InChI is InChI=1S/C29H36N6O3/c1-21-26-27(33-28(31-21)38-18-17-36-2)35(29(32-26)37-3)20-22-8-10-23(11-9-22)24-12-13-25(30-19-24)7-6-16-34-14-4-5-15-34/h8-13,19H,4-7,14-18,20H2,1-3H3. The van der Waals surface area contributed by atoms with Gasteiger partial charge in [-0.15, -0.1) is 0 Å². The molecule has 3 aromatic heterocycles. The lowest BCUT2D eigenvalue weighted by atomic mass is 10.0. The molecule has 200 valence electrons. The zero-order chi connectivity index (χ0) is 26.3. The lowest BCUT2D eigenvalue weighted by molar-refractivity contribution is 0.141. The molecule has 0 N–H and O–H groups in total. The van der Waals surface area contributed by atoms with Gasteiger partial charge in [-0.3, -0.25) is 9.55 Å². The van der Waals surface area contributed by atoms with Gasteiger partial charge in [0.2, 0.25) is 0 Å². The molecule has 0 amide bonds. The number of pyridine rings is 1. The number of rotatable bonds is 12. The fourth-order valence-corrected chi connectivity index (χ4v) is 4.89. The van der Waals surface area contributed by atoms with E-state index in [0.717, 1.165) is 34.5 Å². The summed E-state index contributed by atoms with van der Waals surface area (Å²) in [6, 6.07) is 13.6. The summed E-state index contributed by atoms with van der Waals surface area (Å²) in [7, 11) is 3.25. The molecule has 1 aliphatic rings. The molecule has 1 saturated heterocycles. The highest BCUT2D eigenvalue weighted by molar-refractivity contribution is 5.75. The van der Waals surface area contributed by atoms with E-state index in [1.165, 1.54) is 38.9 Å². The molecule has 0 spiro atoms. The molecule has 1 aromatic carbocycles. The Morgan fingerprint density at radius 2 is 1.68 bits per heavy atom. The van der Waals surface area contributed by atoms with Gasteiger partial charge in [0.1, 0.15) is 12.1 Å². The van der Waals surface area contributed by atoms with Gasteiger partial charge >= 0.3 is 6.01 Å². The van der Waals surface area contributed by atoms with Gasteiger partial charge in [-0.2, -0.15) is 15.0 Å². The van der Waals surface area contributed by atoms with Crippen molar-refractivity contribution in [3.8, 4) is 23.1 Å². The third kappa shape index (κ3) is 6.11. The van der Waals surface area contributed by atoms with Crippen LogP contribution in [0, 0.1) is 6.92 Å². The predicted molar refractivity (Wildman–Crippen MR) is 147 cm³/mol. The molecule has 1 fully saturated rings. The molecule has 4 heterocycles. The van der Waals surface area contributed by atoms with Crippen molar-refractivity contribution in [1.29, 1.82) is 0 Å². The van der Waals surface area contributed by atoms with Crippen LogP contribution in [-0.4, -0.2) is 76.5 Å². The molecule has 1 aliphatic heterocycles. The first-order chi connectivity index (χ1) is 18.6. The summed E-state index contributed by atoms with van der Waals surface area (Å²) in [6.45, 7) is 6.98. The Morgan fingerprint density at radius 1 is 0.895 bits per heavy atom. The molecule has 38 heavy (non-hydrogen) atoms. The minimum absolute atomic E-state index is 0.304. The number of ether oxygens (including phenoxy) is 3. The number of fused-ring (bicyclic) bond motifs is 1. The zero-order valence-electron chi connectivity index (χ0n) is 22.5. The van der Waals surface area contributed by atoms with Gasteiger partial charge in [0.05, 0.1) is 26.0 Å². The van der Waals surface area contributed by atoms with Gasteiger partial charge in [0, 0.05) is 24.6 Å². The summed E-state index contributed by atoms with van der Waals surface area (Å²) >= 11 is 0.